The summed E-state index contributed by atoms with van der Waals surface area (Å²) in [6, 6.07) is -0.0903. The molecule has 0 bridgehead atoms. The van der Waals surface area contributed by atoms with E-state index in [1.807, 2.05) is 0 Å². The summed E-state index contributed by atoms with van der Waals surface area (Å²) in [6.45, 7) is 5.79. The molecule has 10 heavy (non-hydrogen) atoms. The molecular weight excluding hydrogens is 130 g/mol. The van der Waals surface area contributed by atoms with E-state index in [0.29, 0.717) is 12.5 Å². The Bertz CT molecular complexity index is 157. The lowest BCUT2D eigenvalue weighted by atomic mass is 10.0. The van der Waals surface area contributed by atoms with Crippen LogP contribution in [0.2, 0.25) is 0 Å². The maximum absolute atomic E-state index is 9.45. The molecule has 3 heteroatoms. The van der Waals surface area contributed by atoms with Crippen LogP contribution in [0.15, 0.2) is 4.99 Å². The zero-order chi connectivity index (χ0) is 7.78. The highest BCUT2D eigenvalue weighted by Crippen LogP contribution is 2.17. The lowest BCUT2D eigenvalue weighted by Crippen LogP contribution is -2.35. The molecule has 1 unspecified atom stereocenters. The van der Waals surface area contributed by atoms with Crippen LogP contribution >= 0.6 is 0 Å². The van der Waals surface area contributed by atoms with Crippen molar-refractivity contribution in [3.8, 4) is 0 Å². The van der Waals surface area contributed by atoms with Crippen LogP contribution < -0.4 is 0 Å². The van der Waals surface area contributed by atoms with Crippen molar-refractivity contribution in [3.05, 3.63) is 0 Å². The van der Waals surface area contributed by atoms with Crippen LogP contribution in [-0.2, 0) is 4.74 Å². The number of aliphatic hydroxyl groups is 1. The second-order valence-electron chi connectivity index (χ2n) is 3.13. The first-order valence-corrected chi connectivity index (χ1v) is 3.40. The number of hydrogen-bond acceptors (Lipinski definition) is 3. The third-order valence-corrected chi connectivity index (χ3v) is 1.60. The minimum Gasteiger partial charge on any atom is -0.479 e. The van der Waals surface area contributed by atoms with Crippen LogP contribution in [0.25, 0.3) is 0 Å². The Morgan fingerprint density at radius 3 is 2.50 bits per heavy atom. The summed E-state index contributed by atoms with van der Waals surface area (Å²) in [5, 5.41) is 9.45. The Morgan fingerprint density at radius 1 is 1.70 bits per heavy atom. The number of aliphatic imine (C=N–C) groups is 1. The number of nitrogens with zero attached hydrogens (tertiary/aromatic N) is 1. The van der Waals surface area contributed by atoms with E-state index in [9.17, 15) is 5.11 Å². The number of ether oxygens (including phenoxy) is 1. The molecule has 0 aromatic heterocycles. The second kappa shape index (κ2) is 2.23. The molecule has 0 saturated carbocycles. The van der Waals surface area contributed by atoms with E-state index in [0.717, 1.165) is 0 Å². The maximum atomic E-state index is 9.45. The van der Waals surface area contributed by atoms with Crippen molar-refractivity contribution in [3.63, 3.8) is 0 Å². The van der Waals surface area contributed by atoms with Crippen LogP contribution in [0.1, 0.15) is 20.8 Å². The molecule has 1 heterocycles. The molecule has 0 spiro atoms. The zero-order valence-electron chi connectivity index (χ0n) is 6.59. The predicted octanol–water partition coefficient (Wildman–Crippen LogP) is 0.575. The Hall–Kier alpha value is -0.570. The molecule has 58 valence electrons. The molecule has 0 amide bonds. The topological polar surface area (TPSA) is 41.8 Å². The van der Waals surface area contributed by atoms with Crippen molar-refractivity contribution >= 4 is 5.90 Å². The van der Waals surface area contributed by atoms with Gasteiger partial charge in [0.25, 0.3) is 0 Å². The van der Waals surface area contributed by atoms with E-state index in [2.05, 4.69) is 4.99 Å². The smallest absolute Gasteiger partial charge is 0.180 e. The van der Waals surface area contributed by atoms with Crippen molar-refractivity contribution in [2.24, 2.45) is 4.99 Å². The van der Waals surface area contributed by atoms with Gasteiger partial charge in [0.15, 0.2) is 5.90 Å². The largest absolute Gasteiger partial charge is 0.479 e. The normalized spacial score (nSPS) is 26.0. The molecule has 0 radical (unpaired) electrons. The van der Waals surface area contributed by atoms with Crippen LogP contribution in [0.5, 0.6) is 0 Å². The van der Waals surface area contributed by atoms with Crippen molar-refractivity contribution in [2.75, 3.05) is 6.61 Å². The molecule has 0 aliphatic carbocycles. The fourth-order valence-electron chi connectivity index (χ4n) is 0.855. The average molecular weight is 143 g/mol. The van der Waals surface area contributed by atoms with E-state index in [4.69, 9.17) is 4.74 Å². The van der Waals surface area contributed by atoms with Gasteiger partial charge in [-0.3, -0.25) is 0 Å². The Balaban J connectivity index is 2.61. The maximum Gasteiger partial charge on any atom is 0.180 e. The van der Waals surface area contributed by atoms with Gasteiger partial charge in [0.1, 0.15) is 12.6 Å². The summed E-state index contributed by atoms with van der Waals surface area (Å²) in [6.07, 6.45) is 0. The van der Waals surface area contributed by atoms with Gasteiger partial charge in [-0.05, 0) is 13.8 Å². The molecule has 0 fully saturated rings. The molecule has 0 saturated heterocycles. The van der Waals surface area contributed by atoms with Gasteiger partial charge in [0.2, 0.25) is 0 Å². The molecule has 1 N–H and O–H groups in total. The van der Waals surface area contributed by atoms with Crippen LogP contribution in [0, 0.1) is 0 Å². The highest BCUT2D eigenvalue weighted by molar-refractivity contribution is 5.74. The fraction of sp³-hybridized carbons (Fsp3) is 0.857. The quantitative estimate of drug-likeness (QED) is 0.583. The Kier molecular flexibility index (Phi) is 1.68. The molecule has 3 nitrogen and oxygen atoms in total. The Labute approximate surface area is 60.7 Å². The standard InChI is InChI=1S/C7H13NO2/c1-5-8-6(4-10-5)7(2,3)9/h6,9H,4H2,1-3H3. The van der Waals surface area contributed by atoms with Crippen LogP contribution in [0.4, 0.5) is 0 Å². The average Bonchev–Trinajstić information content (AvgIpc) is 2.11. The van der Waals surface area contributed by atoms with Gasteiger partial charge in [-0.2, -0.15) is 0 Å². The second-order valence-corrected chi connectivity index (χ2v) is 3.13. The van der Waals surface area contributed by atoms with Crippen LogP contribution in [-0.4, -0.2) is 29.3 Å². The van der Waals surface area contributed by atoms with Crippen molar-refractivity contribution in [1.29, 1.82) is 0 Å². The minimum absolute atomic E-state index is 0.0903. The number of rotatable bonds is 1. The lowest BCUT2D eigenvalue weighted by molar-refractivity contribution is 0.0436. The van der Waals surface area contributed by atoms with Crippen molar-refractivity contribution < 1.29 is 9.84 Å². The highest BCUT2D eigenvalue weighted by Gasteiger charge is 2.30. The Morgan fingerprint density at radius 2 is 2.30 bits per heavy atom. The van der Waals surface area contributed by atoms with E-state index < -0.39 is 5.60 Å². The zero-order valence-corrected chi connectivity index (χ0v) is 6.59. The summed E-state index contributed by atoms with van der Waals surface area (Å²) in [4.78, 5) is 4.10. The first kappa shape index (κ1) is 7.54. The van der Waals surface area contributed by atoms with E-state index in [-0.39, 0.29) is 6.04 Å². The number of hydrogen-bond donors (Lipinski definition) is 1. The summed E-state index contributed by atoms with van der Waals surface area (Å²) < 4.78 is 5.08. The first-order valence-electron chi connectivity index (χ1n) is 3.40. The minimum atomic E-state index is -0.752. The van der Waals surface area contributed by atoms with Gasteiger partial charge < -0.3 is 9.84 Å². The third kappa shape index (κ3) is 1.48. The van der Waals surface area contributed by atoms with Gasteiger partial charge in [0.05, 0.1) is 5.60 Å². The van der Waals surface area contributed by atoms with Crippen molar-refractivity contribution in [1.82, 2.24) is 0 Å². The summed E-state index contributed by atoms with van der Waals surface area (Å²) >= 11 is 0. The molecular formula is C7H13NO2. The summed E-state index contributed by atoms with van der Waals surface area (Å²) in [5.74, 6) is 0.673. The molecule has 1 aliphatic rings. The van der Waals surface area contributed by atoms with Gasteiger partial charge >= 0.3 is 0 Å². The van der Waals surface area contributed by atoms with Gasteiger partial charge in [-0.15, -0.1) is 0 Å². The monoisotopic (exact) mass is 143 g/mol. The first-order chi connectivity index (χ1) is 4.50. The van der Waals surface area contributed by atoms with E-state index in [1.54, 1.807) is 20.8 Å². The SMILES string of the molecule is CC1=NC(C(C)(C)O)CO1. The molecule has 1 rings (SSSR count). The molecule has 0 aromatic carbocycles. The van der Waals surface area contributed by atoms with Crippen molar-refractivity contribution in [2.45, 2.75) is 32.4 Å². The predicted molar refractivity (Wildman–Crippen MR) is 39.1 cm³/mol. The lowest BCUT2D eigenvalue weighted by Gasteiger charge is -2.20. The van der Waals surface area contributed by atoms with E-state index in [1.165, 1.54) is 0 Å². The summed E-state index contributed by atoms with van der Waals surface area (Å²) in [7, 11) is 0. The highest BCUT2D eigenvalue weighted by atomic mass is 16.5. The summed E-state index contributed by atoms with van der Waals surface area (Å²) in [5.41, 5.74) is -0.752. The fourth-order valence-corrected chi connectivity index (χ4v) is 0.855. The molecule has 0 aromatic rings. The van der Waals surface area contributed by atoms with Gasteiger partial charge in [-0.25, -0.2) is 4.99 Å². The van der Waals surface area contributed by atoms with Crippen LogP contribution in [0.3, 0.4) is 0 Å². The van der Waals surface area contributed by atoms with Gasteiger partial charge in [0, 0.05) is 6.92 Å². The van der Waals surface area contributed by atoms with E-state index >= 15 is 0 Å². The van der Waals surface area contributed by atoms with Gasteiger partial charge in [-0.1, -0.05) is 0 Å². The third-order valence-electron chi connectivity index (χ3n) is 1.60. The molecule has 1 aliphatic heterocycles. The molecule has 1 atom stereocenters.